The highest BCUT2D eigenvalue weighted by Crippen LogP contribution is 2.14. The van der Waals surface area contributed by atoms with Crippen LogP contribution in [0.4, 0.5) is 5.69 Å². The lowest BCUT2D eigenvalue weighted by atomic mass is 10.0. The van der Waals surface area contributed by atoms with Crippen LogP contribution in [0.5, 0.6) is 0 Å². The van der Waals surface area contributed by atoms with Gasteiger partial charge in [0.1, 0.15) is 0 Å². The van der Waals surface area contributed by atoms with Gasteiger partial charge < -0.3 is 16.4 Å². The topological polar surface area (TPSA) is 114 Å². The first-order valence-corrected chi connectivity index (χ1v) is 11.1. The van der Waals surface area contributed by atoms with E-state index in [1.54, 1.807) is 85.2 Å². The molecular formula is C28H24N4O3. The summed E-state index contributed by atoms with van der Waals surface area (Å²) >= 11 is 0. The van der Waals surface area contributed by atoms with Crippen molar-refractivity contribution in [1.29, 1.82) is 0 Å². The molecule has 0 spiro atoms. The van der Waals surface area contributed by atoms with E-state index in [0.717, 1.165) is 5.56 Å². The number of nitrogens with zero attached hydrogens (tertiary/aromatic N) is 1. The van der Waals surface area contributed by atoms with Crippen LogP contribution >= 0.6 is 0 Å². The Bertz CT molecular complexity index is 1310. The van der Waals surface area contributed by atoms with Gasteiger partial charge in [0.15, 0.2) is 5.78 Å². The third kappa shape index (κ3) is 6.04. The van der Waals surface area contributed by atoms with Gasteiger partial charge in [-0.2, -0.15) is 0 Å². The van der Waals surface area contributed by atoms with Crippen LogP contribution in [-0.4, -0.2) is 29.1 Å². The lowest BCUT2D eigenvalue weighted by molar-refractivity contribution is 0.0949. The zero-order valence-electron chi connectivity index (χ0n) is 18.8. The van der Waals surface area contributed by atoms with Gasteiger partial charge in [-0.05, 0) is 42.0 Å². The van der Waals surface area contributed by atoms with Crippen molar-refractivity contribution in [1.82, 2.24) is 10.3 Å². The first kappa shape index (κ1) is 23.5. The summed E-state index contributed by atoms with van der Waals surface area (Å²) < 4.78 is 0. The molecule has 7 nitrogen and oxygen atoms in total. The fraction of sp³-hybridized carbons (Fsp3) is 0.0714. The molecule has 0 aliphatic rings. The summed E-state index contributed by atoms with van der Waals surface area (Å²) in [5.74, 6) is -0.621. The van der Waals surface area contributed by atoms with Crippen molar-refractivity contribution in [3.8, 4) is 0 Å². The van der Waals surface area contributed by atoms with E-state index in [1.165, 1.54) is 0 Å². The summed E-state index contributed by atoms with van der Waals surface area (Å²) in [5, 5.41) is 5.61. The summed E-state index contributed by atoms with van der Waals surface area (Å²) in [4.78, 5) is 41.3. The Morgan fingerprint density at radius 2 is 1.23 bits per heavy atom. The van der Waals surface area contributed by atoms with Gasteiger partial charge in [-0.1, -0.05) is 54.6 Å². The van der Waals surface area contributed by atoms with Crippen molar-refractivity contribution in [3.63, 3.8) is 0 Å². The smallest absolute Gasteiger partial charge is 0.255 e. The summed E-state index contributed by atoms with van der Waals surface area (Å²) in [6, 6.07) is 25.4. The number of rotatable bonds is 8. The highest BCUT2D eigenvalue weighted by Gasteiger charge is 2.13. The molecule has 4 rings (SSSR count). The van der Waals surface area contributed by atoms with Crippen molar-refractivity contribution in [2.45, 2.75) is 6.04 Å². The Labute approximate surface area is 203 Å². The van der Waals surface area contributed by atoms with E-state index in [2.05, 4.69) is 15.6 Å². The van der Waals surface area contributed by atoms with E-state index in [-0.39, 0.29) is 24.1 Å². The number of hydrogen-bond donors (Lipinski definition) is 3. The van der Waals surface area contributed by atoms with Crippen LogP contribution in [-0.2, 0) is 0 Å². The summed E-state index contributed by atoms with van der Waals surface area (Å²) in [6.07, 6.45) is 3.20. The molecule has 4 N–H and O–H groups in total. The molecule has 1 atom stereocenters. The van der Waals surface area contributed by atoms with Gasteiger partial charge in [-0.25, -0.2) is 0 Å². The van der Waals surface area contributed by atoms with Crippen LogP contribution in [0.25, 0.3) is 0 Å². The third-order valence-electron chi connectivity index (χ3n) is 5.47. The minimum Gasteiger partial charge on any atom is -0.350 e. The molecule has 7 heteroatoms. The van der Waals surface area contributed by atoms with Gasteiger partial charge in [0.2, 0.25) is 0 Å². The van der Waals surface area contributed by atoms with E-state index in [0.29, 0.717) is 27.9 Å². The normalized spacial score (nSPS) is 11.3. The van der Waals surface area contributed by atoms with E-state index in [4.69, 9.17) is 5.73 Å². The number of amides is 2. The van der Waals surface area contributed by atoms with E-state index in [1.807, 2.05) is 18.2 Å². The zero-order valence-corrected chi connectivity index (χ0v) is 18.8. The number of carbonyl (C=O) groups excluding carboxylic acids is 3. The Morgan fingerprint density at radius 1 is 0.686 bits per heavy atom. The predicted molar refractivity (Wildman–Crippen MR) is 134 cm³/mol. The maximum absolute atomic E-state index is 12.5. The third-order valence-corrected chi connectivity index (χ3v) is 5.47. The molecule has 1 aromatic heterocycles. The minimum absolute atomic E-state index is 0.0996. The predicted octanol–water partition coefficient (Wildman–Crippen LogP) is 3.99. The van der Waals surface area contributed by atoms with Crippen LogP contribution < -0.4 is 16.4 Å². The van der Waals surface area contributed by atoms with Crippen molar-refractivity contribution < 1.29 is 14.4 Å². The van der Waals surface area contributed by atoms with Crippen LogP contribution in [0.3, 0.4) is 0 Å². The molecule has 35 heavy (non-hydrogen) atoms. The fourth-order valence-corrected chi connectivity index (χ4v) is 3.47. The highest BCUT2D eigenvalue weighted by atomic mass is 16.2. The number of ketones is 1. The van der Waals surface area contributed by atoms with Crippen LogP contribution in [0.15, 0.2) is 103 Å². The lowest BCUT2D eigenvalue weighted by Gasteiger charge is -2.14. The Balaban J connectivity index is 1.31. The van der Waals surface area contributed by atoms with E-state index in [9.17, 15) is 14.4 Å². The minimum atomic E-state index is -0.449. The average molecular weight is 465 g/mol. The van der Waals surface area contributed by atoms with Gasteiger partial charge in [-0.3, -0.25) is 19.4 Å². The second kappa shape index (κ2) is 11.0. The zero-order chi connectivity index (χ0) is 24.6. The Hall–Kier alpha value is -4.62. The number of pyridine rings is 1. The molecule has 0 fully saturated rings. The SMILES string of the molecule is NC(CNC(=O)c1ccc(C(=O)c2ccccc2)cc1)c1ccc(C(=O)Nc2ccncc2)cc1. The molecule has 0 bridgehead atoms. The van der Waals surface area contributed by atoms with Crippen LogP contribution in [0.2, 0.25) is 0 Å². The standard InChI is InChI=1S/C28H24N4O3/c29-25(19-6-10-23(11-7-19)28(35)32-24-14-16-30-17-15-24)18-31-27(34)22-12-8-21(9-13-22)26(33)20-4-2-1-3-5-20/h1-17,25H,18,29H2,(H,31,34)(H,30,32,35). The van der Waals surface area contributed by atoms with Gasteiger partial charge >= 0.3 is 0 Å². The molecule has 0 saturated carbocycles. The lowest BCUT2D eigenvalue weighted by Crippen LogP contribution is -2.32. The number of aromatic nitrogens is 1. The molecule has 0 aliphatic carbocycles. The van der Waals surface area contributed by atoms with Gasteiger partial charge in [0, 0.05) is 52.9 Å². The number of nitrogens with two attached hydrogens (primary N) is 1. The number of hydrogen-bond acceptors (Lipinski definition) is 5. The van der Waals surface area contributed by atoms with Crippen molar-refractivity contribution in [2.75, 3.05) is 11.9 Å². The van der Waals surface area contributed by atoms with Crippen LogP contribution in [0, 0.1) is 0 Å². The molecule has 2 amide bonds. The van der Waals surface area contributed by atoms with Gasteiger partial charge in [0.05, 0.1) is 0 Å². The molecule has 0 aliphatic heterocycles. The summed E-state index contributed by atoms with van der Waals surface area (Å²) in [5.41, 5.74) is 9.71. The second-order valence-electron chi connectivity index (χ2n) is 7.90. The Morgan fingerprint density at radius 3 is 1.89 bits per heavy atom. The average Bonchev–Trinajstić information content (AvgIpc) is 2.92. The molecule has 4 aromatic rings. The first-order valence-electron chi connectivity index (χ1n) is 11.1. The molecule has 0 radical (unpaired) electrons. The summed E-state index contributed by atoms with van der Waals surface area (Å²) in [6.45, 7) is 0.214. The number of nitrogens with one attached hydrogen (secondary N) is 2. The molecule has 1 unspecified atom stereocenters. The molecule has 3 aromatic carbocycles. The maximum Gasteiger partial charge on any atom is 0.255 e. The monoisotopic (exact) mass is 464 g/mol. The number of carbonyl (C=O) groups is 3. The molecule has 0 saturated heterocycles. The van der Waals surface area contributed by atoms with Gasteiger partial charge in [0.25, 0.3) is 11.8 Å². The first-order chi connectivity index (χ1) is 17.0. The quantitative estimate of drug-likeness (QED) is 0.341. The summed E-state index contributed by atoms with van der Waals surface area (Å²) in [7, 11) is 0. The van der Waals surface area contributed by atoms with Crippen molar-refractivity contribution in [3.05, 3.63) is 131 Å². The maximum atomic E-state index is 12.5. The van der Waals surface area contributed by atoms with Crippen LogP contribution in [0.1, 0.15) is 48.2 Å². The highest BCUT2D eigenvalue weighted by molar-refractivity contribution is 6.09. The van der Waals surface area contributed by atoms with E-state index >= 15 is 0 Å². The van der Waals surface area contributed by atoms with Crippen molar-refractivity contribution in [2.24, 2.45) is 5.73 Å². The molecular weight excluding hydrogens is 440 g/mol. The Kier molecular flexibility index (Phi) is 7.40. The molecule has 1 heterocycles. The second-order valence-corrected chi connectivity index (χ2v) is 7.90. The number of anilines is 1. The van der Waals surface area contributed by atoms with Gasteiger partial charge in [-0.15, -0.1) is 0 Å². The van der Waals surface area contributed by atoms with Crippen molar-refractivity contribution >= 4 is 23.3 Å². The number of benzene rings is 3. The fourth-order valence-electron chi connectivity index (χ4n) is 3.47. The largest absolute Gasteiger partial charge is 0.350 e. The molecule has 174 valence electrons. The van der Waals surface area contributed by atoms with E-state index < -0.39 is 6.04 Å².